The molecule has 21 heavy (non-hydrogen) atoms. The number of hydrogen-bond acceptors (Lipinski definition) is 5. The molecule has 0 aliphatic carbocycles. The van der Waals surface area contributed by atoms with E-state index < -0.39 is 4.92 Å². The predicted octanol–water partition coefficient (Wildman–Crippen LogP) is 3.22. The second-order valence-electron chi connectivity index (χ2n) is 4.34. The number of benzene rings is 2. The maximum absolute atomic E-state index is 10.8. The number of anilines is 1. The third kappa shape index (κ3) is 3.62. The van der Waals surface area contributed by atoms with Crippen molar-refractivity contribution in [2.24, 2.45) is 0 Å². The van der Waals surface area contributed by atoms with Gasteiger partial charge >= 0.3 is 0 Å². The smallest absolute Gasteiger partial charge is 0.270 e. The van der Waals surface area contributed by atoms with Gasteiger partial charge in [0, 0.05) is 36.0 Å². The number of nitrogens with one attached hydrogen (secondary N) is 1. The summed E-state index contributed by atoms with van der Waals surface area (Å²) < 4.78 is 10.4. The molecular formula is C15H16N2O4. The van der Waals surface area contributed by atoms with Gasteiger partial charge in [0.1, 0.15) is 11.5 Å². The molecule has 0 saturated heterocycles. The van der Waals surface area contributed by atoms with Crippen LogP contribution in [0.5, 0.6) is 11.5 Å². The molecule has 6 heteroatoms. The highest BCUT2D eigenvalue weighted by atomic mass is 16.6. The van der Waals surface area contributed by atoms with E-state index in [0.717, 1.165) is 17.0 Å². The van der Waals surface area contributed by atoms with Gasteiger partial charge in [-0.3, -0.25) is 10.1 Å². The number of ether oxygens (including phenoxy) is 2. The van der Waals surface area contributed by atoms with Gasteiger partial charge in [-0.25, -0.2) is 0 Å². The molecular weight excluding hydrogens is 272 g/mol. The van der Waals surface area contributed by atoms with E-state index in [-0.39, 0.29) is 5.69 Å². The SMILES string of the molecule is COc1cccc(NCc2cc([N+](=O)[O-])ccc2OC)c1. The summed E-state index contributed by atoms with van der Waals surface area (Å²) >= 11 is 0. The van der Waals surface area contributed by atoms with E-state index >= 15 is 0 Å². The molecule has 0 aliphatic rings. The zero-order valence-electron chi connectivity index (χ0n) is 11.8. The molecule has 0 amide bonds. The van der Waals surface area contributed by atoms with E-state index in [4.69, 9.17) is 9.47 Å². The molecule has 0 fully saturated rings. The summed E-state index contributed by atoms with van der Waals surface area (Å²) in [6, 6.07) is 12.0. The molecule has 0 aromatic heterocycles. The lowest BCUT2D eigenvalue weighted by atomic mass is 10.1. The van der Waals surface area contributed by atoms with E-state index in [0.29, 0.717) is 12.3 Å². The molecule has 1 N–H and O–H groups in total. The highest BCUT2D eigenvalue weighted by molar-refractivity contribution is 5.51. The molecule has 0 saturated carbocycles. The third-order valence-corrected chi connectivity index (χ3v) is 3.03. The maximum atomic E-state index is 10.8. The van der Waals surface area contributed by atoms with Crippen LogP contribution < -0.4 is 14.8 Å². The Balaban J connectivity index is 2.17. The molecule has 6 nitrogen and oxygen atoms in total. The highest BCUT2D eigenvalue weighted by Crippen LogP contribution is 2.25. The van der Waals surface area contributed by atoms with Crippen molar-refractivity contribution in [1.82, 2.24) is 0 Å². The van der Waals surface area contributed by atoms with Gasteiger partial charge < -0.3 is 14.8 Å². The molecule has 0 spiro atoms. The van der Waals surface area contributed by atoms with E-state index in [1.807, 2.05) is 24.3 Å². The fourth-order valence-corrected chi connectivity index (χ4v) is 1.95. The Labute approximate surface area is 122 Å². The van der Waals surface area contributed by atoms with Crippen LogP contribution in [0.4, 0.5) is 11.4 Å². The minimum atomic E-state index is -0.422. The molecule has 0 unspecified atom stereocenters. The third-order valence-electron chi connectivity index (χ3n) is 3.03. The van der Waals surface area contributed by atoms with Gasteiger partial charge in [0.05, 0.1) is 19.1 Å². The van der Waals surface area contributed by atoms with Crippen molar-refractivity contribution >= 4 is 11.4 Å². The lowest BCUT2D eigenvalue weighted by Crippen LogP contribution is -2.03. The average molecular weight is 288 g/mol. The quantitative estimate of drug-likeness (QED) is 0.652. The molecule has 0 bridgehead atoms. The van der Waals surface area contributed by atoms with Gasteiger partial charge in [-0.2, -0.15) is 0 Å². The van der Waals surface area contributed by atoms with Crippen molar-refractivity contribution in [2.75, 3.05) is 19.5 Å². The van der Waals surface area contributed by atoms with Gasteiger partial charge in [0.25, 0.3) is 5.69 Å². The van der Waals surface area contributed by atoms with Crippen LogP contribution in [0.25, 0.3) is 0 Å². The van der Waals surface area contributed by atoms with Crippen molar-refractivity contribution in [2.45, 2.75) is 6.54 Å². The number of hydrogen-bond donors (Lipinski definition) is 1. The zero-order chi connectivity index (χ0) is 15.2. The van der Waals surface area contributed by atoms with Crippen LogP contribution in [-0.4, -0.2) is 19.1 Å². The average Bonchev–Trinajstić information content (AvgIpc) is 2.52. The van der Waals surface area contributed by atoms with Crippen LogP contribution in [0.1, 0.15) is 5.56 Å². The molecule has 0 aliphatic heterocycles. The Hall–Kier alpha value is -2.76. The van der Waals surface area contributed by atoms with E-state index in [1.54, 1.807) is 13.2 Å². The first-order chi connectivity index (χ1) is 10.1. The van der Waals surface area contributed by atoms with Gasteiger partial charge in [-0.15, -0.1) is 0 Å². The first-order valence-corrected chi connectivity index (χ1v) is 6.33. The van der Waals surface area contributed by atoms with E-state index in [1.165, 1.54) is 19.2 Å². The first kappa shape index (κ1) is 14.6. The van der Waals surface area contributed by atoms with Gasteiger partial charge in [-0.05, 0) is 18.2 Å². The summed E-state index contributed by atoms with van der Waals surface area (Å²) in [5.41, 5.74) is 1.62. The monoisotopic (exact) mass is 288 g/mol. The van der Waals surface area contributed by atoms with Crippen LogP contribution in [-0.2, 0) is 6.54 Å². The normalized spacial score (nSPS) is 10.0. The summed E-state index contributed by atoms with van der Waals surface area (Å²) in [6.45, 7) is 0.415. The maximum Gasteiger partial charge on any atom is 0.270 e. The molecule has 2 aromatic rings. The fraction of sp³-hybridized carbons (Fsp3) is 0.200. The largest absolute Gasteiger partial charge is 0.497 e. The van der Waals surface area contributed by atoms with Crippen molar-refractivity contribution in [1.29, 1.82) is 0 Å². The first-order valence-electron chi connectivity index (χ1n) is 6.33. The van der Waals surface area contributed by atoms with Gasteiger partial charge in [0.15, 0.2) is 0 Å². The number of rotatable bonds is 6. The number of nitrogens with zero attached hydrogens (tertiary/aromatic N) is 1. The van der Waals surface area contributed by atoms with Crippen molar-refractivity contribution < 1.29 is 14.4 Å². The molecule has 0 heterocycles. The summed E-state index contributed by atoms with van der Waals surface area (Å²) in [7, 11) is 3.14. The van der Waals surface area contributed by atoms with Crippen molar-refractivity contribution in [3.05, 3.63) is 58.1 Å². The lowest BCUT2D eigenvalue weighted by Gasteiger charge is -2.11. The van der Waals surface area contributed by atoms with Crippen LogP contribution in [0.3, 0.4) is 0 Å². The van der Waals surface area contributed by atoms with Crippen molar-refractivity contribution in [3.63, 3.8) is 0 Å². The lowest BCUT2D eigenvalue weighted by molar-refractivity contribution is -0.384. The second-order valence-corrected chi connectivity index (χ2v) is 4.34. The number of nitro benzene ring substituents is 1. The Morgan fingerprint density at radius 1 is 1.14 bits per heavy atom. The molecule has 110 valence electrons. The van der Waals surface area contributed by atoms with Crippen LogP contribution in [0.2, 0.25) is 0 Å². The molecule has 2 aromatic carbocycles. The Kier molecular flexibility index (Phi) is 4.61. The van der Waals surface area contributed by atoms with Crippen LogP contribution in [0.15, 0.2) is 42.5 Å². The summed E-state index contributed by atoms with van der Waals surface area (Å²) in [4.78, 5) is 10.4. The molecule has 0 radical (unpaired) electrons. The standard InChI is InChI=1S/C15H16N2O4/c1-20-14-5-3-4-12(9-14)16-10-11-8-13(17(18)19)6-7-15(11)21-2/h3-9,16H,10H2,1-2H3. The van der Waals surface area contributed by atoms with Gasteiger partial charge in [-0.1, -0.05) is 6.07 Å². The number of methoxy groups -OCH3 is 2. The Morgan fingerprint density at radius 2 is 1.95 bits per heavy atom. The fourth-order valence-electron chi connectivity index (χ4n) is 1.95. The molecule has 0 atom stereocenters. The summed E-state index contributed by atoms with van der Waals surface area (Å²) in [6.07, 6.45) is 0. The summed E-state index contributed by atoms with van der Waals surface area (Å²) in [5.74, 6) is 1.35. The van der Waals surface area contributed by atoms with Crippen molar-refractivity contribution in [3.8, 4) is 11.5 Å². The Bertz CT molecular complexity index is 643. The number of nitro groups is 1. The highest BCUT2D eigenvalue weighted by Gasteiger charge is 2.11. The van der Waals surface area contributed by atoms with E-state index in [2.05, 4.69) is 5.32 Å². The predicted molar refractivity (Wildman–Crippen MR) is 80.0 cm³/mol. The second kappa shape index (κ2) is 6.60. The minimum absolute atomic E-state index is 0.0400. The zero-order valence-corrected chi connectivity index (χ0v) is 11.8. The molecule has 2 rings (SSSR count). The number of non-ortho nitro benzene ring substituents is 1. The minimum Gasteiger partial charge on any atom is -0.497 e. The van der Waals surface area contributed by atoms with Crippen LogP contribution in [0, 0.1) is 10.1 Å². The van der Waals surface area contributed by atoms with Crippen LogP contribution >= 0.6 is 0 Å². The van der Waals surface area contributed by atoms with Gasteiger partial charge in [0.2, 0.25) is 0 Å². The topological polar surface area (TPSA) is 73.6 Å². The van der Waals surface area contributed by atoms with E-state index in [9.17, 15) is 10.1 Å². The Morgan fingerprint density at radius 3 is 2.62 bits per heavy atom. The summed E-state index contributed by atoms with van der Waals surface area (Å²) in [5, 5.41) is 14.0.